The number of nitrogens with one attached hydrogen (secondary N) is 2. The Kier molecular flexibility index (Phi) is 8.93. The van der Waals surface area contributed by atoms with Crippen LogP contribution in [0.15, 0.2) is 60.7 Å². The highest BCUT2D eigenvalue weighted by atomic mass is 28.4. The number of piperidine rings is 1. The molecule has 0 spiro atoms. The molecule has 2 aromatic carbocycles. The van der Waals surface area contributed by atoms with Gasteiger partial charge in [0.25, 0.3) is 8.32 Å². The maximum absolute atomic E-state index is 12.6. The number of urea groups is 1. The number of likely N-dealkylation sites (tertiary alicyclic amines) is 1. The number of nitrogens with zero attached hydrogens (tertiary/aromatic N) is 1. The van der Waals surface area contributed by atoms with E-state index in [0.29, 0.717) is 25.9 Å². The summed E-state index contributed by atoms with van der Waals surface area (Å²) >= 11 is 0. The zero-order valence-corrected chi connectivity index (χ0v) is 21.7. The van der Waals surface area contributed by atoms with E-state index < -0.39 is 20.5 Å². The minimum atomic E-state index is -2.78. The van der Waals surface area contributed by atoms with Gasteiger partial charge in [0.15, 0.2) is 0 Å². The van der Waals surface area contributed by atoms with Crippen LogP contribution in [0.5, 0.6) is 0 Å². The van der Waals surface area contributed by atoms with Crippen LogP contribution in [-0.2, 0) is 4.43 Å². The van der Waals surface area contributed by atoms with Gasteiger partial charge in [0, 0.05) is 19.1 Å². The second-order valence-corrected chi connectivity index (χ2v) is 14.3. The van der Waals surface area contributed by atoms with Crippen molar-refractivity contribution in [3.63, 3.8) is 0 Å². The molecule has 0 bridgehead atoms. The third kappa shape index (κ3) is 6.42. The number of carbonyl (C=O) groups is 2. The zero-order valence-electron chi connectivity index (χ0n) is 20.7. The summed E-state index contributed by atoms with van der Waals surface area (Å²) < 4.78 is 6.82. The first kappa shape index (κ1) is 26.7. The van der Waals surface area contributed by atoms with Crippen molar-refractivity contribution in [2.24, 2.45) is 0 Å². The topological polar surface area (TPSA) is 111 Å². The van der Waals surface area contributed by atoms with E-state index in [0.717, 1.165) is 10.4 Å². The summed E-state index contributed by atoms with van der Waals surface area (Å²) in [5.74, 6) is 0. The number of aliphatic hydroxyl groups is 1. The van der Waals surface area contributed by atoms with Gasteiger partial charge in [-0.2, -0.15) is 0 Å². The lowest BCUT2D eigenvalue weighted by Gasteiger charge is -2.43. The first-order valence-electron chi connectivity index (χ1n) is 12.1. The number of aliphatic hydroxyl groups excluding tert-OH is 1. The number of rotatable bonds is 8. The quantitative estimate of drug-likeness (QED) is 0.417. The fraction of sp³-hybridized carbons (Fsp3) is 0.462. The molecular weight excluding hydrogens is 462 g/mol. The number of carboxylic acid groups (broad SMARTS) is 1. The van der Waals surface area contributed by atoms with Gasteiger partial charge in [-0.25, -0.2) is 9.59 Å². The Morgan fingerprint density at radius 3 is 1.97 bits per heavy atom. The average Bonchev–Trinajstić information content (AvgIpc) is 2.84. The van der Waals surface area contributed by atoms with Gasteiger partial charge in [-0.15, -0.1) is 0 Å². The Morgan fingerprint density at radius 2 is 1.54 bits per heavy atom. The van der Waals surface area contributed by atoms with E-state index in [4.69, 9.17) is 9.53 Å². The third-order valence-corrected chi connectivity index (χ3v) is 11.6. The maximum atomic E-state index is 12.6. The van der Waals surface area contributed by atoms with Crippen LogP contribution in [0.1, 0.15) is 33.6 Å². The van der Waals surface area contributed by atoms with E-state index in [1.165, 1.54) is 4.90 Å². The van der Waals surface area contributed by atoms with Crippen LogP contribution in [0.3, 0.4) is 0 Å². The van der Waals surface area contributed by atoms with Gasteiger partial charge < -0.3 is 30.2 Å². The van der Waals surface area contributed by atoms with Gasteiger partial charge in [-0.3, -0.25) is 0 Å². The highest BCUT2D eigenvalue weighted by Crippen LogP contribution is 2.36. The van der Waals surface area contributed by atoms with E-state index in [2.05, 4.69) is 55.7 Å². The zero-order chi connectivity index (χ0) is 25.5. The van der Waals surface area contributed by atoms with E-state index in [-0.39, 0.29) is 30.3 Å². The largest absolute Gasteiger partial charge is 0.465 e. The van der Waals surface area contributed by atoms with Crippen LogP contribution in [0, 0.1) is 0 Å². The van der Waals surface area contributed by atoms with Crippen molar-refractivity contribution >= 4 is 30.8 Å². The molecule has 1 aliphatic rings. The molecule has 9 heteroatoms. The molecule has 1 unspecified atom stereocenters. The highest BCUT2D eigenvalue weighted by Gasteiger charge is 2.50. The van der Waals surface area contributed by atoms with Crippen molar-refractivity contribution in [1.29, 1.82) is 0 Å². The number of amides is 3. The summed E-state index contributed by atoms with van der Waals surface area (Å²) in [6.45, 7) is 7.21. The summed E-state index contributed by atoms with van der Waals surface area (Å²) in [5, 5.41) is 26.9. The fourth-order valence-electron chi connectivity index (χ4n) is 4.75. The molecule has 8 nitrogen and oxygen atoms in total. The van der Waals surface area contributed by atoms with Crippen molar-refractivity contribution in [2.75, 3.05) is 26.3 Å². The Morgan fingerprint density at radius 1 is 1.03 bits per heavy atom. The molecular formula is C26H37N3O5Si. The van der Waals surface area contributed by atoms with Crippen molar-refractivity contribution in [2.45, 2.75) is 50.7 Å². The summed E-state index contributed by atoms with van der Waals surface area (Å²) in [4.78, 5) is 25.1. The molecule has 1 aliphatic heterocycles. The smallest absolute Gasteiger partial charge is 0.407 e. The van der Waals surface area contributed by atoms with Crippen LogP contribution in [0.2, 0.25) is 5.04 Å². The van der Waals surface area contributed by atoms with Crippen LogP contribution in [-0.4, -0.2) is 73.9 Å². The summed E-state index contributed by atoms with van der Waals surface area (Å²) in [5.41, 5.74) is 0. The second kappa shape index (κ2) is 11.7. The molecule has 1 heterocycles. The van der Waals surface area contributed by atoms with Gasteiger partial charge in [0.1, 0.15) is 0 Å². The molecule has 1 saturated heterocycles. The predicted molar refractivity (Wildman–Crippen MR) is 139 cm³/mol. The molecule has 2 aromatic rings. The number of carbonyl (C=O) groups excluding carboxylic acids is 1. The van der Waals surface area contributed by atoms with Crippen molar-refractivity contribution in [3.8, 4) is 0 Å². The minimum absolute atomic E-state index is 0.109. The fourth-order valence-corrected chi connectivity index (χ4v) is 9.36. The van der Waals surface area contributed by atoms with E-state index in [1.807, 2.05) is 36.4 Å². The normalized spacial score (nSPS) is 15.9. The van der Waals surface area contributed by atoms with Crippen LogP contribution >= 0.6 is 0 Å². The first-order chi connectivity index (χ1) is 16.7. The Hall–Kier alpha value is -2.88. The van der Waals surface area contributed by atoms with Gasteiger partial charge in [0.05, 0.1) is 19.3 Å². The Bertz CT molecular complexity index is 920. The summed E-state index contributed by atoms with van der Waals surface area (Å²) in [6, 6.07) is 19.3. The lowest BCUT2D eigenvalue weighted by molar-refractivity contribution is 0.129. The first-order valence-corrected chi connectivity index (χ1v) is 14.0. The highest BCUT2D eigenvalue weighted by molar-refractivity contribution is 6.99. The van der Waals surface area contributed by atoms with Gasteiger partial charge in [0.2, 0.25) is 0 Å². The Labute approximate surface area is 208 Å². The van der Waals surface area contributed by atoms with E-state index >= 15 is 0 Å². The van der Waals surface area contributed by atoms with Gasteiger partial charge >= 0.3 is 12.1 Å². The Balaban J connectivity index is 1.72. The molecule has 0 radical (unpaired) electrons. The molecule has 4 N–H and O–H groups in total. The van der Waals surface area contributed by atoms with Crippen LogP contribution < -0.4 is 21.0 Å². The molecule has 35 heavy (non-hydrogen) atoms. The monoisotopic (exact) mass is 499 g/mol. The second-order valence-electron chi connectivity index (χ2n) is 10.0. The molecule has 0 aromatic heterocycles. The summed E-state index contributed by atoms with van der Waals surface area (Å²) in [7, 11) is -2.78. The molecule has 3 amide bonds. The van der Waals surface area contributed by atoms with Crippen molar-refractivity contribution in [1.82, 2.24) is 15.5 Å². The van der Waals surface area contributed by atoms with Crippen LogP contribution in [0.25, 0.3) is 0 Å². The van der Waals surface area contributed by atoms with Crippen molar-refractivity contribution < 1.29 is 24.2 Å². The predicted octanol–water partition coefficient (Wildman–Crippen LogP) is 2.37. The molecule has 1 atom stereocenters. The number of hydrogen-bond donors (Lipinski definition) is 4. The lowest BCUT2D eigenvalue weighted by atomic mass is 10.1. The summed E-state index contributed by atoms with van der Waals surface area (Å²) in [6.07, 6.45) is 0.179. The molecule has 3 rings (SSSR count). The molecule has 1 fully saturated rings. The average molecular weight is 500 g/mol. The van der Waals surface area contributed by atoms with Gasteiger partial charge in [-0.1, -0.05) is 81.4 Å². The van der Waals surface area contributed by atoms with E-state index in [9.17, 15) is 14.7 Å². The number of benzene rings is 2. The number of hydrogen-bond acceptors (Lipinski definition) is 4. The maximum Gasteiger partial charge on any atom is 0.407 e. The SMILES string of the molecule is CC(C)(C)[Si](OCC(CO)NC(=O)NC1CCN(C(=O)O)CC1)(c1ccccc1)c1ccccc1. The molecule has 0 saturated carbocycles. The molecule has 0 aliphatic carbocycles. The molecule has 190 valence electrons. The van der Waals surface area contributed by atoms with Crippen LogP contribution in [0.4, 0.5) is 9.59 Å². The lowest BCUT2D eigenvalue weighted by Crippen LogP contribution is -2.67. The minimum Gasteiger partial charge on any atom is -0.465 e. The van der Waals surface area contributed by atoms with Crippen molar-refractivity contribution in [3.05, 3.63) is 60.7 Å². The standard InChI is InChI=1S/C26H37N3O5Si/c1-26(2,3)35(22-10-6-4-7-11-22,23-12-8-5-9-13-23)34-19-21(18-30)28-24(31)27-20-14-16-29(17-15-20)25(32)33/h4-13,20-21,30H,14-19H2,1-3H3,(H,32,33)(H2,27,28,31). The third-order valence-electron chi connectivity index (χ3n) is 6.57. The van der Waals surface area contributed by atoms with Gasteiger partial charge in [-0.05, 0) is 28.3 Å². The van der Waals surface area contributed by atoms with E-state index in [1.54, 1.807) is 0 Å².